The van der Waals surface area contributed by atoms with Crippen molar-refractivity contribution >= 4 is 5.97 Å². The summed E-state index contributed by atoms with van der Waals surface area (Å²) in [7, 11) is 0. The van der Waals surface area contributed by atoms with Crippen LogP contribution in [-0.2, 0) is 14.3 Å². The Balaban J connectivity index is 3.74. The van der Waals surface area contributed by atoms with Gasteiger partial charge in [0, 0.05) is 5.57 Å². The molecular formula is C12H20O3. The van der Waals surface area contributed by atoms with Crippen molar-refractivity contribution in [3.8, 4) is 0 Å². The van der Waals surface area contributed by atoms with E-state index in [0.717, 1.165) is 12.0 Å². The van der Waals surface area contributed by atoms with E-state index in [4.69, 9.17) is 9.47 Å². The molecule has 0 fully saturated rings. The summed E-state index contributed by atoms with van der Waals surface area (Å²) in [5.74, 6) is -0.232. The quantitative estimate of drug-likeness (QED) is 0.214. The van der Waals surface area contributed by atoms with Gasteiger partial charge < -0.3 is 9.47 Å². The fraction of sp³-hybridized carbons (Fsp3) is 0.583. The lowest BCUT2D eigenvalue weighted by Gasteiger charge is -2.11. The third-order valence-corrected chi connectivity index (χ3v) is 2.09. The first-order valence-electron chi connectivity index (χ1n) is 5.07. The van der Waals surface area contributed by atoms with Crippen molar-refractivity contribution in [3.05, 3.63) is 24.3 Å². The van der Waals surface area contributed by atoms with Crippen LogP contribution in [0.25, 0.3) is 0 Å². The fourth-order valence-corrected chi connectivity index (χ4v) is 0.851. The highest BCUT2D eigenvalue weighted by molar-refractivity contribution is 5.88. The average Bonchev–Trinajstić information content (AvgIpc) is 2.21. The zero-order valence-electron chi connectivity index (χ0n) is 9.84. The van der Waals surface area contributed by atoms with Crippen LogP contribution in [0.1, 0.15) is 27.2 Å². The van der Waals surface area contributed by atoms with E-state index in [2.05, 4.69) is 13.2 Å². The highest BCUT2D eigenvalue weighted by atomic mass is 16.7. The molecule has 15 heavy (non-hydrogen) atoms. The van der Waals surface area contributed by atoms with Crippen LogP contribution in [-0.4, -0.2) is 19.4 Å². The molecule has 0 aromatic heterocycles. The third-order valence-electron chi connectivity index (χ3n) is 2.09. The van der Waals surface area contributed by atoms with Crippen molar-refractivity contribution in [2.75, 3.05) is 13.4 Å². The maximum absolute atomic E-state index is 11.4. The first-order chi connectivity index (χ1) is 6.99. The third kappa shape index (κ3) is 6.07. The summed E-state index contributed by atoms with van der Waals surface area (Å²) < 4.78 is 9.92. The SMILES string of the molecule is C=C(C)COCOC(=O)C(=C)C(C)CC. The van der Waals surface area contributed by atoms with Gasteiger partial charge in [-0.25, -0.2) is 4.79 Å². The van der Waals surface area contributed by atoms with Crippen molar-refractivity contribution < 1.29 is 14.3 Å². The minimum atomic E-state index is -0.383. The zero-order valence-corrected chi connectivity index (χ0v) is 9.84. The molecular weight excluding hydrogens is 192 g/mol. The lowest BCUT2D eigenvalue weighted by Crippen LogP contribution is -2.15. The van der Waals surface area contributed by atoms with E-state index in [1.807, 2.05) is 20.8 Å². The van der Waals surface area contributed by atoms with E-state index in [0.29, 0.717) is 12.2 Å². The van der Waals surface area contributed by atoms with E-state index in [1.54, 1.807) is 0 Å². The summed E-state index contributed by atoms with van der Waals surface area (Å²) in [4.78, 5) is 11.4. The molecule has 0 heterocycles. The summed E-state index contributed by atoms with van der Waals surface area (Å²) in [6.07, 6.45) is 0.876. The largest absolute Gasteiger partial charge is 0.435 e. The van der Waals surface area contributed by atoms with Crippen LogP contribution in [0.4, 0.5) is 0 Å². The predicted molar refractivity (Wildman–Crippen MR) is 60.3 cm³/mol. The summed E-state index contributed by atoms with van der Waals surface area (Å²) in [6, 6.07) is 0. The second-order valence-corrected chi connectivity index (χ2v) is 3.69. The van der Waals surface area contributed by atoms with Crippen LogP contribution in [0.15, 0.2) is 24.3 Å². The van der Waals surface area contributed by atoms with Gasteiger partial charge in [0.05, 0.1) is 6.61 Å². The standard InChI is InChI=1S/C12H20O3/c1-6-10(4)11(5)12(13)15-8-14-7-9(2)3/h10H,2,5-8H2,1,3-4H3. The maximum Gasteiger partial charge on any atom is 0.335 e. The molecule has 3 nitrogen and oxygen atoms in total. The van der Waals surface area contributed by atoms with Crippen molar-refractivity contribution in [2.45, 2.75) is 27.2 Å². The molecule has 3 heteroatoms. The second kappa shape index (κ2) is 7.23. The Morgan fingerprint density at radius 2 is 2.00 bits per heavy atom. The molecule has 0 aliphatic heterocycles. The predicted octanol–water partition coefficient (Wildman–Crippen LogP) is 2.68. The second-order valence-electron chi connectivity index (χ2n) is 3.69. The first kappa shape index (κ1) is 13.9. The van der Waals surface area contributed by atoms with Gasteiger partial charge in [0.2, 0.25) is 0 Å². The van der Waals surface area contributed by atoms with E-state index in [1.165, 1.54) is 0 Å². The smallest absolute Gasteiger partial charge is 0.335 e. The summed E-state index contributed by atoms with van der Waals surface area (Å²) >= 11 is 0. The van der Waals surface area contributed by atoms with Crippen molar-refractivity contribution in [3.63, 3.8) is 0 Å². The van der Waals surface area contributed by atoms with Crippen molar-refractivity contribution in [1.29, 1.82) is 0 Å². The molecule has 1 unspecified atom stereocenters. The van der Waals surface area contributed by atoms with Gasteiger partial charge in [-0.3, -0.25) is 0 Å². The van der Waals surface area contributed by atoms with Crippen molar-refractivity contribution in [2.24, 2.45) is 5.92 Å². The molecule has 1 atom stereocenters. The van der Waals surface area contributed by atoms with Gasteiger partial charge in [0.25, 0.3) is 0 Å². The molecule has 0 aliphatic carbocycles. The van der Waals surface area contributed by atoms with Crippen LogP contribution < -0.4 is 0 Å². The Morgan fingerprint density at radius 3 is 2.47 bits per heavy atom. The van der Waals surface area contributed by atoms with Gasteiger partial charge in [-0.1, -0.05) is 32.6 Å². The molecule has 0 spiro atoms. The van der Waals surface area contributed by atoms with Crippen molar-refractivity contribution in [1.82, 2.24) is 0 Å². The highest BCUT2D eigenvalue weighted by Crippen LogP contribution is 2.13. The van der Waals surface area contributed by atoms with Crippen LogP contribution in [0.2, 0.25) is 0 Å². The number of carbonyl (C=O) groups excluding carboxylic acids is 1. The number of hydrogen-bond acceptors (Lipinski definition) is 3. The molecule has 0 amide bonds. The number of ether oxygens (including phenoxy) is 2. The normalized spacial score (nSPS) is 11.9. The molecule has 0 radical (unpaired) electrons. The Bertz CT molecular complexity index is 243. The summed E-state index contributed by atoms with van der Waals surface area (Å²) in [6.45, 7) is 13.5. The van der Waals surface area contributed by atoms with Gasteiger partial charge in [0.15, 0.2) is 6.79 Å². The van der Waals surface area contributed by atoms with Crippen LogP contribution in [0.5, 0.6) is 0 Å². The lowest BCUT2D eigenvalue weighted by atomic mass is 10.0. The Labute approximate surface area is 91.8 Å². The van der Waals surface area contributed by atoms with E-state index in [9.17, 15) is 4.79 Å². The Kier molecular flexibility index (Phi) is 6.71. The monoisotopic (exact) mass is 212 g/mol. The molecule has 0 rings (SSSR count). The lowest BCUT2D eigenvalue weighted by molar-refractivity contribution is -0.151. The average molecular weight is 212 g/mol. The molecule has 0 saturated carbocycles. The van der Waals surface area contributed by atoms with Gasteiger partial charge in [0.1, 0.15) is 0 Å². The van der Waals surface area contributed by atoms with Crippen LogP contribution >= 0.6 is 0 Å². The van der Waals surface area contributed by atoms with Gasteiger partial charge >= 0.3 is 5.97 Å². The van der Waals surface area contributed by atoms with E-state index in [-0.39, 0.29) is 18.7 Å². The van der Waals surface area contributed by atoms with Gasteiger partial charge in [-0.15, -0.1) is 0 Å². The maximum atomic E-state index is 11.4. The summed E-state index contributed by atoms with van der Waals surface area (Å²) in [5, 5.41) is 0. The molecule has 0 aromatic carbocycles. The molecule has 0 bridgehead atoms. The van der Waals surface area contributed by atoms with Crippen LogP contribution in [0, 0.1) is 5.92 Å². The number of hydrogen-bond donors (Lipinski definition) is 0. The summed E-state index contributed by atoms with van der Waals surface area (Å²) in [5.41, 5.74) is 1.39. The minimum absolute atomic E-state index is 0.0405. The molecule has 86 valence electrons. The van der Waals surface area contributed by atoms with Crippen LogP contribution in [0.3, 0.4) is 0 Å². The zero-order chi connectivity index (χ0) is 11.8. The number of carbonyl (C=O) groups is 1. The molecule has 0 saturated heterocycles. The Morgan fingerprint density at radius 1 is 1.40 bits per heavy atom. The molecule has 0 aliphatic rings. The molecule has 0 N–H and O–H groups in total. The highest BCUT2D eigenvalue weighted by Gasteiger charge is 2.14. The van der Waals surface area contributed by atoms with E-state index >= 15 is 0 Å². The first-order valence-corrected chi connectivity index (χ1v) is 5.07. The topological polar surface area (TPSA) is 35.5 Å². The van der Waals surface area contributed by atoms with Gasteiger partial charge in [-0.2, -0.15) is 0 Å². The minimum Gasteiger partial charge on any atom is -0.435 e. The van der Waals surface area contributed by atoms with E-state index < -0.39 is 0 Å². The van der Waals surface area contributed by atoms with Gasteiger partial charge in [-0.05, 0) is 19.3 Å². The fourth-order valence-electron chi connectivity index (χ4n) is 0.851. The molecule has 0 aromatic rings. The number of rotatable bonds is 7. The number of esters is 1. The Hall–Kier alpha value is -1.09.